The number of aryl methyl sites for hydroxylation is 2. The molecule has 0 bridgehead atoms. The van der Waals surface area contributed by atoms with Crippen LogP contribution in [0.5, 0.6) is 0 Å². The van der Waals surface area contributed by atoms with Gasteiger partial charge in [0.05, 0.1) is 17.6 Å². The van der Waals surface area contributed by atoms with Crippen molar-refractivity contribution < 1.29 is 26.7 Å². The Morgan fingerprint density at radius 1 is 1.21 bits per heavy atom. The molecule has 0 saturated heterocycles. The van der Waals surface area contributed by atoms with E-state index in [1.807, 2.05) is 32.9 Å². The average Bonchev–Trinajstić information content (AvgIpc) is 2.98. The molecule has 6 nitrogen and oxygen atoms in total. The quantitative estimate of drug-likeness (QED) is 0.208. The molecule has 8 heteroatoms. The van der Waals surface area contributed by atoms with Crippen LogP contribution in [-0.2, 0) is 21.4 Å². The van der Waals surface area contributed by atoms with Gasteiger partial charge < -0.3 is 13.7 Å². The number of oxazole rings is 1. The van der Waals surface area contributed by atoms with E-state index in [-0.39, 0.29) is 4.90 Å². The molecule has 0 amide bonds. The van der Waals surface area contributed by atoms with Crippen LogP contribution in [0.25, 0.3) is 17.2 Å². The zero-order chi connectivity index (χ0) is 21.6. The molecular weight excluding hydrogens is 505 g/mol. The number of aromatic nitrogens is 1. The molecular formula is C21H24INO5S. The Bertz CT molecular complexity index is 1100. The summed E-state index contributed by atoms with van der Waals surface area (Å²) >= 11 is 2.31. The second-order valence-electron chi connectivity index (χ2n) is 6.25. The molecule has 3 aromatic rings. The summed E-state index contributed by atoms with van der Waals surface area (Å²) in [5, 5.41) is 0. The van der Waals surface area contributed by atoms with E-state index < -0.39 is 10.1 Å². The lowest BCUT2D eigenvalue weighted by molar-refractivity contribution is -0.674. The van der Waals surface area contributed by atoms with Gasteiger partial charge in [-0.1, -0.05) is 17.7 Å². The van der Waals surface area contributed by atoms with Crippen LogP contribution in [0.2, 0.25) is 0 Å². The van der Waals surface area contributed by atoms with E-state index in [2.05, 4.69) is 46.2 Å². The number of allylic oxidation sites excluding steroid dienone is 1. The minimum absolute atomic E-state index is 0.178. The van der Waals surface area contributed by atoms with Crippen molar-refractivity contribution in [2.24, 2.45) is 0 Å². The molecule has 2 aromatic carbocycles. The van der Waals surface area contributed by atoms with Crippen molar-refractivity contribution in [3.05, 3.63) is 63.2 Å². The molecule has 0 aliphatic heterocycles. The van der Waals surface area contributed by atoms with Gasteiger partial charge in [0, 0.05) is 9.64 Å². The van der Waals surface area contributed by atoms with Gasteiger partial charge >= 0.3 is 5.89 Å². The number of fused-ring (bicyclic) bond motifs is 1. The van der Waals surface area contributed by atoms with Gasteiger partial charge in [0.25, 0.3) is 5.52 Å². The minimum atomic E-state index is -4.27. The summed E-state index contributed by atoms with van der Waals surface area (Å²) in [5.74, 6) is 1.70. The third-order valence-corrected chi connectivity index (χ3v) is 5.54. The second kappa shape index (κ2) is 10.2. The molecule has 0 atom stereocenters. The predicted molar refractivity (Wildman–Crippen MR) is 119 cm³/mol. The lowest BCUT2D eigenvalue weighted by atomic mass is 10.2. The van der Waals surface area contributed by atoms with E-state index in [9.17, 15) is 13.0 Å². The molecule has 1 aromatic heterocycles. The number of rotatable bonds is 5. The van der Waals surface area contributed by atoms with E-state index in [1.54, 1.807) is 12.1 Å². The fraction of sp³-hybridized carbons (Fsp3) is 0.286. The molecule has 0 unspecified atom stereocenters. The van der Waals surface area contributed by atoms with Crippen LogP contribution < -0.4 is 4.57 Å². The van der Waals surface area contributed by atoms with Crippen molar-refractivity contribution in [2.45, 2.75) is 39.1 Å². The average molecular weight is 529 g/mol. The highest BCUT2D eigenvalue weighted by Crippen LogP contribution is 2.18. The van der Waals surface area contributed by atoms with Gasteiger partial charge in [-0.05, 0) is 74.6 Å². The number of benzene rings is 2. The van der Waals surface area contributed by atoms with E-state index in [0.717, 1.165) is 34.9 Å². The van der Waals surface area contributed by atoms with Crippen LogP contribution in [0, 0.1) is 10.5 Å². The largest absolute Gasteiger partial charge is 0.744 e. The van der Waals surface area contributed by atoms with Gasteiger partial charge in [0.1, 0.15) is 22.4 Å². The Labute approximate surface area is 185 Å². The van der Waals surface area contributed by atoms with Gasteiger partial charge in [0.15, 0.2) is 0 Å². The molecule has 0 spiro atoms. The van der Waals surface area contributed by atoms with Crippen LogP contribution in [0.4, 0.5) is 0 Å². The van der Waals surface area contributed by atoms with Crippen molar-refractivity contribution in [1.82, 2.24) is 0 Å². The first kappa shape index (κ1) is 23.4. The second-order valence-corrected chi connectivity index (χ2v) is 8.88. The smallest absolute Gasteiger partial charge is 0.377 e. The minimum Gasteiger partial charge on any atom is -0.744 e. The van der Waals surface area contributed by atoms with Crippen molar-refractivity contribution in [3.8, 4) is 0 Å². The van der Waals surface area contributed by atoms with Crippen molar-refractivity contribution in [3.63, 3.8) is 0 Å². The molecule has 0 aliphatic rings. The molecule has 0 saturated carbocycles. The Balaban J connectivity index is 0.000000234. The fourth-order valence-corrected chi connectivity index (χ4v) is 3.60. The lowest BCUT2D eigenvalue weighted by Crippen LogP contribution is -2.33. The van der Waals surface area contributed by atoms with E-state index in [0.29, 0.717) is 6.61 Å². The molecule has 156 valence electrons. The highest BCUT2D eigenvalue weighted by molar-refractivity contribution is 14.1. The van der Waals surface area contributed by atoms with E-state index in [1.165, 1.54) is 15.7 Å². The first-order chi connectivity index (χ1) is 13.7. The first-order valence-corrected chi connectivity index (χ1v) is 11.6. The fourth-order valence-electron chi connectivity index (χ4n) is 2.66. The van der Waals surface area contributed by atoms with Crippen LogP contribution in [-0.4, -0.2) is 19.6 Å². The zero-order valence-electron chi connectivity index (χ0n) is 16.8. The monoisotopic (exact) mass is 529 g/mol. The summed E-state index contributed by atoms with van der Waals surface area (Å²) in [6.07, 6.45) is 1.94. The van der Waals surface area contributed by atoms with Crippen LogP contribution in [0.1, 0.15) is 32.2 Å². The zero-order valence-corrected chi connectivity index (χ0v) is 19.8. The normalized spacial score (nSPS) is 11.9. The summed E-state index contributed by atoms with van der Waals surface area (Å²) in [4.78, 5) is -0.178. The van der Waals surface area contributed by atoms with Crippen molar-refractivity contribution in [1.29, 1.82) is 0 Å². The highest BCUT2D eigenvalue weighted by atomic mass is 127. The summed E-state index contributed by atoms with van der Waals surface area (Å²) < 4.78 is 45.8. The van der Waals surface area contributed by atoms with Crippen LogP contribution in [0.15, 0.2) is 57.5 Å². The topological polar surface area (TPSA) is 83.5 Å². The van der Waals surface area contributed by atoms with Crippen LogP contribution >= 0.6 is 22.6 Å². The van der Waals surface area contributed by atoms with Crippen molar-refractivity contribution in [2.75, 3.05) is 6.61 Å². The number of hydrogen-bond donors (Lipinski definition) is 0. The molecule has 29 heavy (non-hydrogen) atoms. The number of ether oxygens (including phenoxy) is 1. The van der Waals surface area contributed by atoms with Gasteiger partial charge in [-0.15, -0.1) is 0 Å². The Morgan fingerprint density at radius 2 is 1.86 bits per heavy atom. The summed E-state index contributed by atoms with van der Waals surface area (Å²) in [5.41, 5.74) is 2.96. The number of hydrogen-bond acceptors (Lipinski definition) is 5. The van der Waals surface area contributed by atoms with Gasteiger partial charge in [-0.25, -0.2) is 8.42 Å². The maximum atomic E-state index is 10.4. The van der Waals surface area contributed by atoms with E-state index >= 15 is 0 Å². The maximum Gasteiger partial charge on any atom is 0.377 e. The van der Waals surface area contributed by atoms with Gasteiger partial charge in [-0.3, -0.25) is 0 Å². The number of nitrogens with zero attached hydrogens (tertiary/aromatic N) is 1. The van der Waals surface area contributed by atoms with Crippen molar-refractivity contribution >= 4 is 49.9 Å². The SMILES string of the molecule is CCOC(C)=Cc1oc2ccc(I)cc2[n+]1CC.Cc1ccc(S(=O)(=O)[O-])cc1. The van der Waals surface area contributed by atoms with Gasteiger partial charge in [0.2, 0.25) is 5.58 Å². The summed E-state index contributed by atoms with van der Waals surface area (Å²) in [6.45, 7) is 9.40. The van der Waals surface area contributed by atoms with Crippen LogP contribution in [0.3, 0.4) is 0 Å². The summed E-state index contributed by atoms with van der Waals surface area (Å²) in [7, 11) is -4.27. The van der Waals surface area contributed by atoms with E-state index in [4.69, 9.17) is 9.15 Å². The molecule has 0 radical (unpaired) electrons. The lowest BCUT2D eigenvalue weighted by Gasteiger charge is -2.05. The Morgan fingerprint density at radius 3 is 2.41 bits per heavy atom. The predicted octanol–water partition coefficient (Wildman–Crippen LogP) is 4.64. The third kappa shape index (κ3) is 6.55. The third-order valence-electron chi connectivity index (χ3n) is 4.02. The maximum absolute atomic E-state index is 10.4. The standard InChI is InChI=1S/C14H17INO2.C7H8O3S/c1-4-16-12-9-11(15)6-7-13(12)18-14(16)8-10(3)17-5-2;1-6-2-4-7(5-3-6)11(8,9)10/h6-9H,4-5H2,1-3H3;2-5H,1H3,(H,8,9,10)/q+1;/p-1. The summed E-state index contributed by atoms with van der Waals surface area (Å²) in [6, 6.07) is 12.0. The Hall–Kier alpha value is -1.91. The molecule has 0 aliphatic carbocycles. The highest BCUT2D eigenvalue weighted by Gasteiger charge is 2.19. The molecule has 3 rings (SSSR count). The van der Waals surface area contributed by atoms with Gasteiger partial charge in [-0.2, -0.15) is 4.57 Å². The molecule has 1 heterocycles. The number of halogens is 1. The first-order valence-electron chi connectivity index (χ1n) is 9.11. The molecule has 0 fully saturated rings. The Kier molecular flexibility index (Phi) is 8.23. The molecule has 0 N–H and O–H groups in total.